The summed E-state index contributed by atoms with van der Waals surface area (Å²) in [5.74, 6) is 0. The van der Waals surface area contributed by atoms with Crippen LogP contribution in [0, 0.1) is 11.3 Å². The van der Waals surface area contributed by atoms with Gasteiger partial charge in [0.25, 0.3) is 0 Å². The Morgan fingerprint density at radius 3 is 2.54 bits per heavy atom. The van der Waals surface area contributed by atoms with Crippen LogP contribution in [-0.2, 0) is 5.41 Å². The normalized spacial score (nSPS) is 31.8. The van der Waals surface area contributed by atoms with Gasteiger partial charge in [-0.1, -0.05) is 0 Å². The van der Waals surface area contributed by atoms with E-state index < -0.39 is 5.41 Å². The lowest BCUT2D eigenvalue weighted by atomic mass is 9.64. The molecule has 0 aliphatic heterocycles. The molecule has 0 spiro atoms. The Morgan fingerprint density at radius 2 is 2.08 bits per heavy atom. The van der Waals surface area contributed by atoms with E-state index in [0.29, 0.717) is 12.8 Å². The summed E-state index contributed by atoms with van der Waals surface area (Å²) >= 11 is 0. The van der Waals surface area contributed by atoms with Gasteiger partial charge < -0.3 is 5.11 Å². The zero-order valence-corrected chi connectivity index (χ0v) is 7.14. The third-order valence-electron chi connectivity index (χ3n) is 2.62. The first-order valence-electron chi connectivity index (χ1n) is 4.27. The summed E-state index contributed by atoms with van der Waals surface area (Å²) in [6.45, 7) is 0. The Bertz CT molecular complexity index is 336. The summed E-state index contributed by atoms with van der Waals surface area (Å²) in [6, 6.07) is 5.96. The monoisotopic (exact) mass is 174 g/mol. The van der Waals surface area contributed by atoms with Crippen molar-refractivity contribution in [1.82, 2.24) is 4.98 Å². The van der Waals surface area contributed by atoms with E-state index in [-0.39, 0.29) is 6.10 Å². The first kappa shape index (κ1) is 8.21. The number of rotatable bonds is 1. The van der Waals surface area contributed by atoms with E-state index >= 15 is 0 Å². The molecule has 1 heterocycles. The van der Waals surface area contributed by atoms with E-state index in [2.05, 4.69) is 11.1 Å². The molecule has 1 aromatic rings. The van der Waals surface area contributed by atoms with Gasteiger partial charge in [0.1, 0.15) is 0 Å². The highest BCUT2D eigenvalue weighted by Gasteiger charge is 2.45. The van der Waals surface area contributed by atoms with Crippen LogP contribution >= 0.6 is 0 Å². The molecule has 13 heavy (non-hydrogen) atoms. The van der Waals surface area contributed by atoms with Crippen LogP contribution in [0.25, 0.3) is 0 Å². The third-order valence-corrected chi connectivity index (χ3v) is 2.62. The van der Waals surface area contributed by atoms with Crippen molar-refractivity contribution in [3.8, 4) is 6.07 Å². The van der Waals surface area contributed by atoms with Crippen molar-refractivity contribution in [3.05, 3.63) is 30.1 Å². The van der Waals surface area contributed by atoms with Crippen LogP contribution in [0.3, 0.4) is 0 Å². The van der Waals surface area contributed by atoms with Crippen molar-refractivity contribution in [2.24, 2.45) is 0 Å². The molecule has 3 nitrogen and oxygen atoms in total. The lowest BCUT2D eigenvalue weighted by molar-refractivity contribution is 0.0447. The molecule has 1 N–H and O–H groups in total. The molecule has 0 aromatic carbocycles. The maximum Gasteiger partial charge on any atom is 0.0872 e. The first-order valence-corrected chi connectivity index (χ1v) is 4.27. The molecule has 3 heteroatoms. The van der Waals surface area contributed by atoms with Gasteiger partial charge >= 0.3 is 0 Å². The summed E-state index contributed by atoms with van der Waals surface area (Å²) in [6.07, 6.45) is 4.15. The smallest absolute Gasteiger partial charge is 0.0872 e. The minimum Gasteiger partial charge on any atom is -0.393 e. The van der Waals surface area contributed by atoms with Gasteiger partial charge in [0.2, 0.25) is 0 Å². The SMILES string of the molecule is N#CC1(c2ccncc2)CC(O)C1. The highest BCUT2D eigenvalue weighted by molar-refractivity contribution is 5.34. The van der Waals surface area contributed by atoms with Gasteiger partial charge in [-0.05, 0) is 30.5 Å². The van der Waals surface area contributed by atoms with Crippen LogP contribution in [0.15, 0.2) is 24.5 Å². The number of aromatic nitrogens is 1. The largest absolute Gasteiger partial charge is 0.393 e. The zero-order chi connectivity index (χ0) is 9.31. The molecular weight excluding hydrogens is 164 g/mol. The predicted molar refractivity (Wildman–Crippen MR) is 46.8 cm³/mol. The average molecular weight is 174 g/mol. The molecule has 0 amide bonds. The molecule has 0 unspecified atom stereocenters. The highest BCUT2D eigenvalue weighted by atomic mass is 16.3. The molecule has 0 bridgehead atoms. The molecular formula is C10H10N2O. The maximum atomic E-state index is 9.21. The van der Waals surface area contributed by atoms with Crippen molar-refractivity contribution < 1.29 is 5.11 Å². The third kappa shape index (κ3) is 1.20. The number of hydrogen-bond acceptors (Lipinski definition) is 3. The number of pyridine rings is 1. The fourth-order valence-corrected chi connectivity index (χ4v) is 1.81. The van der Waals surface area contributed by atoms with Crippen molar-refractivity contribution in [2.45, 2.75) is 24.4 Å². The molecule has 0 saturated heterocycles. The van der Waals surface area contributed by atoms with E-state index in [4.69, 9.17) is 5.26 Å². The topological polar surface area (TPSA) is 56.9 Å². The van der Waals surface area contributed by atoms with E-state index in [0.717, 1.165) is 5.56 Å². The minimum absolute atomic E-state index is 0.312. The van der Waals surface area contributed by atoms with Gasteiger partial charge in [-0.25, -0.2) is 0 Å². The first-order chi connectivity index (χ1) is 6.27. The van der Waals surface area contributed by atoms with Gasteiger partial charge in [-0.3, -0.25) is 4.98 Å². The Balaban J connectivity index is 2.31. The van der Waals surface area contributed by atoms with Crippen molar-refractivity contribution in [1.29, 1.82) is 5.26 Å². The van der Waals surface area contributed by atoms with Crippen LogP contribution in [0.2, 0.25) is 0 Å². The van der Waals surface area contributed by atoms with Gasteiger partial charge in [-0.15, -0.1) is 0 Å². The van der Waals surface area contributed by atoms with Crippen molar-refractivity contribution >= 4 is 0 Å². The highest BCUT2D eigenvalue weighted by Crippen LogP contribution is 2.42. The molecule has 1 aliphatic carbocycles. The van der Waals surface area contributed by atoms with Gasteiger partial charge in [0.15, 0.2) is 0 Å². The molecule has 1 aliphatic rings. The summed E-state index contributed by atoms with van der Waals surface area (Å²) in [7, 11) is 0. The van der Waals surface area contributed by atoms with Crippen LogP contribution in [-0.4, -0.2) is 16.2 Å². The standard InChI is InChI=1S/C10H10N2O/c11-7-10(5-9(13)6-10)8-1-3-12-4-2-8/h1-4,9,13H,5-6H2. The van der Waals surface area contributed by atoms with E-state index in [1.54, 1.807) is 12.4 Å². The predicted octanol–water partition coefficient (Wildman–Crippen LogP) is 0.998. The Morgan fingerprint density at radius 1 is 1.46 bits per heavy atom. The molecule has 1 aromatic heterocycles. The lowest BCUT2D eigenvalue weighted by Crippen LogP contribution is -2.43. The second-order valence-corrected chi connectivity index (χ2v) is 3.49. The van der Waals surface area contributed by atoms with Crippen LogP contribution < -0.4 is 0 Å². The van der Waals surface area contributed by atoms with Crippen LogP contribution in [0.4, 0.5) is 0 Å². The lowest BCUT2D eigenvalue weighted by Gasteiger charge is -2.39. The Labute approximate surface area is 76.7 Å². The molecule has 0 radical (unpaired) electrons. The molecule has 0 atom stereocenters. The van der Waals surface area contributed by atoms with E-state index in [9.17, 15) is 5.11 Å². The molecule has 66 valence electrons. The van der Waals surface area contributed by atoms with Crippen LogP contribution in [0.5, 0.6) is 0 Å². The van der Waals surface area contributed by atoms with E-state index in [1.807, 2.05) is 12.1 Å². The zero-order valence-electron chi connectivity index (χ0n) is 7.14. The van der Waals surface area contributed by atoms with Gasteiger partial charge in [0.05, 0.1) is 17.6 Å². The van der Waals surface area contributed by atoms with E-state index in [1.165, 1.54) is 0 Å². The van der Waals surface area contributed by atoms with Gasteiger partial charge in [0, 0.05) is 12.4 Å². The fraction of sp³-hybridized carbons (Fsp3) is 0.400. The molecule has 1 saturated carbocycles. The second-order valence-electron chi connectivity index (χ2n) is 3.49. The summed E-state index contributed by atoms with van der Waals surface area (Å²) in [5, 5.41) is 18.2. The van der Waals surface area contributed by atoms with Crippen LogP contribution in [0.1, 0.15) is 18.4 Å². The number of nitrogens with zero attached hydrogens (tertiary/aromatic N) is 2. The summed E-state index contributed by atoms with van der Waals surface area (Å²) in [4.78, 5) is 3.90. The second kappa shape index (κ2) is 2.82. The average Bonchev–Trinajstić information content (AvgIpc) is 2.14. The Hall–Kier alpha value is -1.40. The summed E-state index contributed by atoms with van der Waals surface area (Å²) in [5.41, 5.74) is 0.512. The molecule has 1 fully saturated rings. The minimum atomic E-state index is -0.456. The summed E-state index contributed by atoms with van der Waals surface area (Å²) < 4.78 is 0. The number of aliphatic hydroxyl groups is 1. The number of aliphatic hydroxyl groups excluding tert-OH is 1. The quantitative estimate of drug-likeness (QED) is 0.691. The van der Waals surface area contributed by atoms with Crippen molar-refractivity contribution in [2.75, 3.05) is 0 Å². The molecule has 2 rings (SSSR count). The number of nitriles is 1. The Kier molecular flexibility index (Phi) is 1.78. The number of hydrogen-bond donors (Lipinski definition) is 1. The van der Waals surface area contributed by atoms with Gasteiger partial charge in [-0.2, -0.15) is 5.26 Å². The fourth-order valence-electron chi connectivity index (χ4n) is 1.81. The maximum absolute atomic E-state index is 9.21. The van der Waals surface area contributed by atoms with Crippen molar-refractivity contribution in [3.63, 3.8) is 0 Å².